The summed E-state index contributed by atoms with van der Waals surface area (Å²) in [5, 5.41) is 7.49. The van der Waals surface area contributed by atoms with Gasteiger partial charge in [-0.15, -0.1) is 0 Å². The summed E-state index contributed by atoms with van der Waals surface area (Å²) in [7, 11) is 0. The average molecular weight is 304 g/mol. The Morgan fingerprint density at radius 3 is 2.95 bits per heavy atom. The minimum Gasteiger partial charge on any atom is -0.324 e. The highest BCUT2D eigenvalue weighted by Crippen LogP contribution is 2.26. The van der Waals surface area contributed by atoms with Crippen LogP contribution in [0.2, 0.25) is 5.02 Å². The fourth-order valence-electron chi connectivity index (χ4n) is 2.29. The zero-order chi connectivity index (χ0) is 14.8. The van der Waals surface area contributed by atoms with Crippen molar-refractivity contribution in [2.75, 3.05) is 5.32 Å². The van der Waals surface area contributed by atoms with Gasteiger partial charge in [0.05, 0.1) is 17.3 Å². The first-order valence-corrected chi connectivity index (χ1v) is 6.90. The van der Waals surface area contributed by atoms with E-state index in [1.54, 1.807) is 29.2 Å². The second kappa shape index (κ2) is 5.67. The molecule has 0 aliphatic heterocycles. The molecule has 0 radical (unpaired) electrons. The summed E-state index contributed by atoms with van der Waals surface area (Å²) < 4.78 is 1.57. The van der Waals surface area contributed by atoms with Crippen LogP contribution in [0, 0.1) is 5.92 Å². The van der Waals surface area contributed by atoms with Crippen LogP contribution in [0.25, 0.3) is 5.69 Å². The van der Waals surface area contributed by atoms with Gasteiger partial charge in [0.1, 0.15) is 12.7 Å². The molecule has 7 heteroatoms. The van der Waals surface area contributed by atoms with E-state index >= 15 is 0 Å². The Morgan fingerprint density at radius 2 is 2.29 bits per heavy atom. The number of nitrogens with zero attached hydrogens (tertiary/aromatic N) is 3. The lowest BCUT2D eigenvalue weighted by Gasteiger charge is -2.14. The number of amides is 1. The third-order valence-electron chi connectivity index (χ3n) is 3.34. The van der Waals surface area contributed by atoms with Crippen molar-refractivity contribution in [3.63, 3.8) is 0 Å². The van der Waals surface area contributed by atoms with Crippen LogP contribution < -0.4 is 11.1 Å². The fourth-order valence-corrected chi connectivity index (χ4v) is 2.46. The summed E-state index contributed by atoms with van der Waals surface area (Å²) in [6, 6.07) is 5.15. The Kier molecular flexibility index (Phi) is 3.72. The molecule has 1 heterocycles. The van der Waals surface area contributed by atoms with Gasteiger partial charge in [0, 0.05) is 11.1 Å². The number of aromatic nitrogens is 3. The summed E-state index contributed by atoms with van der Waals surface area (Å²) in [6.07, 6.45) is 7.29. The number of benzene rings is 1. The van der Waals surface area contributed by atoms with Crippen LogP contribution in [0.4, 0.5) is 5.69 Å². The largest absolute Gasteiger partial charge is 0.324 e. The van der Waals surface area contributed by atoms with Crippen LogP contribution in [0.5, 0.6) is 0 Å². The molecule has 1 aliphatic rings. The van der Waals surface area contributed by atoms with E-state index in [4.69, 9.17) is 17.3 Å². The van der Waals surface area contributed by atoms with Crippen LogP contribution >= 0.6 is 11.6 Å². The summed E-state index contributed by atoms with van der Waals surface area (Å²) in [5.41, 5.74) is 7.07. The molecule has 2 aromatic rings. The van der Waals surface area contributed by atoms with Gasteiger partial charge in [-0.1, -0.05) is 23.8 Å². The predicted octanol–water partition coefficient (Wildman–Crippen LogP) is 1.76. The quantitative estimate of drug-likeness (QED) is 0.846. The molecule has 21 heavy (non-hydrogen) atoms. The molecule has 0 saturated carbocycles. The first kappa shape index (κ1) is 13.8. The lowest BCUT2D eigenvalue weighted by molar-refractivity contribution is -0.118. The molecule has 3 N–H and O–H groups in total. The molecule has 6 nitrogen and oxygen atoms in total. The van der Waals surface area contributed by atoms with Crippen molar-refractivity contribution in [3.05, 3.63) is 48.0 Å². The van der Waals surface area contributed by atoms with Crippen LogP contribution in [0.15, 0.2) is 43.0 Å². The summed E-state index contributed by atoms with van der Waals surface area (Å²) in [5.74, 6) is -0.328. The Balaban J connectivity index is 1.86. The Hall–Kier alpha value is -2.18. The van der Waals surface area contributed by atoms with Gasteiger partial charge in [0.2, 0.25) is 5.91 Å². The van der Waals surface area contributed by atoms with E-state index in [1.807, 2.05) is 12.2 Å². The van der Waals surface area contributed by atoms with Crippen LogP contribution in [0.3, 0.4) is 0 Å². The molecule has 0 saturated heterocycles. The number of carbonyl (C=O) groups is 1. The van der Waals surface area contributed by atoms with Gasteiger partial charge in [-0.2, -0.15) is 5.10 Å². The number of halogens is 1. The van der Waals surface area contributed by atoms with E-state index in [2.05, 4.69) is 15.4 Å². The van der Waals surface area contributed by atoms with Gasteiger partial charge in [-0.25, -0.2) is 9.67 Å². The maximum absolute atomic E-state index is 12.3. The first-order chi connectivity index (χ1) is 10.1. The average Bonchev–Trinajstić information content (AvgIpc) is 3.10. The Bertz CT molecular complexity index is 683. The van der Waals surface area contributed by atoms with Crippen molar-refractivity contribution < 1.29 is 4.79 Å². The monoisotopic (exact) mass is 303 g/mol. The van der Waals surface area contributed by atoms with Crippen molar-refractivity contribution in [1.29, 1.82) is 0 Å². The minimum atomic E-state index is -0.220. The fraction of sp³-hybridized carbons (Fsp3) is 0.214. The maximum atomic E-state index is 12.3. The topological polar surface area (TPSA) is 85.8 Å². The van der Waals surface area contributed by atoms with Crippen LogP contribution in [-0.2, 0) is 4.79 Å². The number of rotatable bonds is 3. The summed E-state index contributed by atoms with van der Waals surface area (Å²) in [4.78, 5) is 16.2. The van der Waals surface area contributed by atoms with E-state index in [-0.39, 0.29) is 17.9 Å². The third kappa shape index (κ3) is 2.96. The molecular weight excluding hydrogens is 290 g/mol. The van der Waals surface area contributed by atoms with Crippen LogP contribution in [0.1, 0.15) is 6.42 Å². The highest BCUT2D eigenvalue weighted by molar-refractivity contribution is 6.31. The molecule has 0 spiro atoms. The van der Waals surface area contributed by atoms with Crippen molar-refractivity contribution >= 4 is 23.2 Å². The molecular formula is C14H14ClN5O. The molecule has 2 atom stereocenters. The second-order valence-electron chi connectivity index (χ2n) is 4.88. The second-order valence-corrected chi connectivity index (χ2v) is 5.32. The highest BCUT2D eigenvalue weighted by atomic mass is 35.5. The van der Waals surface area contributed by atoms with Crippen molar-refractivity contribution in [3.8, 4) is 5.69 Å². The number of nitrogens with one attached hydrogen (secondary N) is 1. The van der Waals surface area contributed by atoms with E-state index in [9.17, 15) is 4.79 Å². The summed E-state index contributed by atoms with van der Waals surface area (Å²) in [6.45, 7) is 0. The SMILES string of the molecule is NC1C=CC(C(=O)Nc2cc(Cl)ccc2-n2cncn2)C1. The number of carbonyl (C=O) groups excluding carboxylic acids is 1. The minimum absolute atomic E-state index is 0.0603. The predicted molar refractivity (Wildman–Crippen MR) is 80.2 cm³/mol. The zero-order valence-electron chi connectivity index (χ0n) is 11.1. The Morgan fingerprint density at radius 1 is 1.43 bits per heavy atom. The molecule has 108 valence electrons. The number of hydrogen-bond acceptors (Lipinski definition) is 4. The third-order valence-corrected chi connectivity index (χ3v) is 3.57. The van der Waals surface area contributed by atoms with E-state index in [0.717, 1.165) is 0 Å². The van der Waals surface area contributed by atoms with Gasteiger partial charge in [0.15, 0.2) is 0 Å². The smallest absolute Gasteiger partial charge is 0.231 e. The number of hydrogen-bond donors (Lipinski definition) is 2. The summed E-state index contributed by atoms with van der Waals surface area (Å²) >= 11 is 6.01. The van der Waals surface area contributed by atoms with E-state index in [1.165, 1.54) is 6.33 Å². The van der Waals surface area contributed by atoms with Crippen molar-refractivity contribution in [2.24, 2.45) is 11.7 Å². The van der Waals surface area contributed by atoms with Gasteiger partial charge in [-0.05, 0) is 24.6 Å². The molecule has 2 unspecified atom stereocenters. The van der Waals surface area contributed by atoms with Crippen molar-refractivity contribution in [1.82, 2.24) is 14.8 Å². The molecule has 1 aliphatic carbocycles. The van der Waals surface area contributed by atoms with Crippen LogP contribution in [-0.4, -0.2) is 26.7 Å². The molecule has 1 aromatic heterocycles. The van der Waals surface area contributed by atoms with E-state index in [0.29, 0.717) is 22.8 Å². The highest BCUT2D eigenvalue weighted by Gasteiger charge is 2.23. The zero-order valence-corrected chi connectivity index (χ0v) is 11.9. The Labute approximate surface area is 126 Å². The molecule has 3 rings (SSSR count). The maximum Gasteiger partial charge on any atom is 0.231 e. The standard InChI is InChI=1S/C14H14ClN5O/c15-10-2-4-13(20-8-17-7-18-20)12(6-10)19-14(21)9-1-3-11(16)5-9/h1-4,6-9,11H,5,16H2,(H,19,21). The van der Waals surface area contributed by atoms with Gasteiger partial charge in [-0.3, -0.25) is 4.79 Å². The lowest BCUT2D eigenvalue weighted by Crippen LogP contribution is -2.24. The molecule has 0 bridgehead atoms. The molecule has 1 amide bonds. The van der Waals surface area contributed by atoms with E-state index < -0.39 is 0 Å². The van der Waals surface area contributed by atoms with Gasteiger partial charge < -0.3 is 11.1 Å². The normalized spacial score (nSPS) is 20.7. The number of nitrogens with two attached hydrogens (primary N) is 1. The van der Waals surface area contributed by atoms with Gasteiger partial charge in [0.25, 0.3) is 0 Å². The number of anilines is 1. The molecule has 0 fully saturated rings. The lowest BCUT2D eigenvalue weighted by atomic mass is 10.1. The molecule has 1 aromatic carbocycles. The van der Waals surface area contributed by atoms with Crippen molar-refractivity contribution in [2.45, 2.75) is 12.5 Å². The van der Waals surface area contributed by atoms with Gasteiger partial charge >= 0.3 is 0 Å². The first-order valence-electron chi connectivity index (χ1n) is 6.53.